The highest BCUT2D eigenvalue weighted by atomic mass is 79.9. The molecule has 0 atom stereocenters. The normalized spacial score (nSPS) is 10.8. The van der Waals surface area contributed by atoms with E-state index in [2.05, 4.69) is 63.5 Å². The lowest BCUT2D eigenvalue weighted by molar-refractivity contribution is 0.407. The SMILES string of the molecule is COc1cc(C)c(C)c(C)c1-c1c(C)c(C)c(C)c(Br)c1OC. The number of benzene rings is 2. The lowest BCUT2D eigenvalue weighted by atomic mass is 9.87. The summed E-state index contributed by atoms with van der Waals surface area (Å²) in [5, 5.41) is 0. The molecule has 0 aliphatic carbocycles. The minimum Gasteiger partial charge on any atom is -0.496 e. The molecule has 0 fully saturated rings. The monoisotopic (exact) mass is 376 g/mol. The van der Waals surface area contributed by atoms with Gasteiger partial charge < -0.3 is 9.47 Å². The fraction of sp³-hybridized carbons (Fsp3) is 0.400. The van der Waals surface area contributed by atoms with Crippen LogP contribution in [0.25, 0.3) is 11.1 Å². The third kappa shape index (κ3) is 2.76. The molecular formula is C20H25BrO2. The first-order valence-corrected chi connectivity index (χ1v) is 8.53. The molecule has 0 heterocycles. The van der Waals surface area contributed by atoms with Gasteiger partial charge in [-0.1, -0.05) is 0 Å². The summed E-state index contributed by atoms with van der Waals surface area (Å²) < 4.78 is 12.5. The molecule has 0 N–H and O–H groups in total. The molecule has 0 amide bonds. The van der Waals surface area contributed by atoms with Crippen LogP contribution in [0.15, 0.2) is 10.5 Å². The standard InChI is InChI=1S/C20H25BrO2/c1-10-9-16(22-7)17(13(4)11(10)2)18-14(5)12(3)15(6)19(21)20(18)23-8/h9H,1-8H3. The van der Waals surface area contributed by atoms with Crippen molar-refractivity contribution in [1.29, 1.82) is 0 Å². The fourth-order valence-electron chi connectivity index (χ4n) is 3.09. The average molecular weight is 377 g/mol. The smallest absolute Gasteiger partial charge is 0.141 e. The Bertz CT molecular complexity index is 776. The van der Waals surface area contributed by atoms with E-state index in [9.17, 15) is 0 Å². The topological polar surface area (TPSA) is 18.5 Å². The Hall–Kier alpha value is -1.48. The molecule has 124 valence electrons. The Kier molecular flexibility index (Phi) is 5.10. The van der Waals surface area contributed by atoms with Gasteiger partial charge in [-0.2, -0.15) is 0 Å². The maximum Gasteiger partial charge on any atom is 0.141 e. The maximum absolute atomic E-state index is 5.77. The first-order valence-electron chi connectivity index (χ1n) is 7.74. The molecule has 2 aromatic carbocycles. The third-order valence-electron chi connectivity index (χ3n) is 5.05. The summed E-state index contributed by atoms with van der Waals surface area (Å²) in [6, 6.07) is 2.11. The minimum absolute atomic E-state index is 0.871. The molecule has 0 saturated carbocycles. The lowest BCUT2D eigenvalue weighted by Gasteiger charge is -2.23. The number of hydrogen-bond acceptors (Lipinski definition) is 2. The van der Waals surface area contributed by atoms with Crippen molar-refractivity contribution in [2.24, 2.45) is 0 Å². The number of halogens is 1. The second kappa shape index (κ2) is 6.56. The minimum atomic E-state index is 0.871. The number of hydrogen-bond donors (Lipinski definition) is 0. The average Bonchev–Trinajstić information content (AvgIpc) is 2.54. The van der Waals surface area contributed by atoms with Crippen molar-refractivity contribution in [3.05, 3.63) is 43.9 Å². The summed E-state index contributed by atoms with van der Waals surface area (Å²) in [6.07, 6.45) is 0. The Morgan fingerprint density at radius 2 is 1.26 bits per heavy atom. The Morgan fingerprint density at radius 1 is 0.696 bits per heavy atom. The van der Waals surface area contributed by atoms with Gasteiger partial charge in [0.1, 0.15) is 11.5 Å². The van der Waals surface area contributed by atoms with E-state index in [1.807, 2.05) is 0 Å². The second-order valence-corrected chi connectivity index (χ2v) is 6.91. The van der Waals surface area contributed by atoms with E-state index in [0.717, 1.165) is 27.1 Å². The van der Waals surface area contributed by atoms with E-state index in [0.29, 0.717) is 0 Å². The maximum atomic E-state index is 5.77. The molecule has 0 unspecified atom stereocenters. The summed E-state index contributed by atoms with van der Waals surface area (Å²) in [5.74, 6) is 1.76. The van der Waals surface area contributed by atoms with Gasteiger partial charge in [0.2, 0.25) is 0 Å². The van der Waals surface area contributed by atoms with E-state index in [1.54, 1.807) is 14.2 Å². The highest BCUT2D eigenvalue weighted by Gasteiger charge is 2.23. The van der Waals surface area contributed by atoms with E-state index in [4.69, 9.17) is 9.47 Å². The molecule has 0 bridgehead atoms. The predicted molar refractivity (Wildman–Crippen MR) is 101 cm³/mol. The largest absolute Gasteiger partial charge is 0.496 e. The Morgan fingerprint density at radius 3 is 1.78 bits per heavy atom. The molecule has 2 rings (SSSR count). The zero-order valence-electron chi connectivity index (χ0n) is 15.3. The first kappa shape index (κ1) is 17.9. The van der Waals surface area contributed by atoms with Crippen molar-refractivity contribution in [1.82, 2.24) is 0 Å². The van der Waals surface area contributed by atoms with E-state index in [-0.39, 0.29) is 0 Å². The number of aryl methyl sites for hydroxylation is 1. The van der Waals surface area contributed by atoms with Crippen LogP contribution in [-0.4, -0.2) is 14.2 Å². The third-order valence-corrected chi connectivity index (χ3v) is 6.01. The van der Waals surface area contributed by atoms with Crippen molar-refractivity contribution >= 4 is 15.9 Å². The van der Waals surface area contributed by atoms with Gasteiger partial charge >= 0.3 is 0 Å². The molecule has 0 spiro atoms. The summed E-state index contributed by atoms with van der Waals surface area (Å²) in [7, 11) is 3.45. The van der Waals surface area contributed by atoms with Gasteiger partial charge in [0.15, 0.2) is 0 Å². The van der Waals surface area contributed by atoms with Gasteiger partial charge in [0.05, 0.1) is 18.7 Å². The molecule has 0 saturated heterocycles. The molecule has 2 aromatic rings. The number of ether oxygens (including phenoxy) is 2. The fourth-order valence-corrected chi connectivity index (χ4v) is 3.75. The lowest BCUT2D eigenvalue weighted by Crippen LogP contribution is -2.03. The molecular weight excluding hydrogens is 352 g/mol. The van der Waals surface area contributed by atoms with Crippen LogP contribution >= 0.6 is 15.9 Å². The van der Waals surface area contributed by atoms with Crippen LogP contribution in [0.4, 0.5) is 0 Å². The predicted octanol–water partition coefficient (Wildman–Crippen LogP) is 5.98. The van der Waals surface area contributed by atoms with E-state index in [1.165, 1.54) is 33.4 Å². The van der Waals surface area contributed by atoms with Gasteiger partial charge in [-0.3, -0.25) is 0 Å². The Labute approximate surface area is 148 Å². The van der Waals surface area contributed by atoms with Crippen LogP contribution in [0.3, 0.4) is 0 Å². The van der Waals surface area contributed by atoms with Crippen molar-refractivity contribution in [2.45, 2.75) is 41.5 Å². The van der Waals surface area contributed by atoms with Crippen LogP contribution < -0.4 is 9.47 Å². The number of rotatable bonds is 3. The quantitative estimate of drug-likeness (QED) is 0.655. The van der Waals surface area contributed by atoms with Gasteiger partial charge in [-0.25, -0.2) is 0 Å². The van der Waals surface area contributed by atoms with Crippen LogP contribution in [-0.2, 0) is 0 Å². The summed E-state index contributed by atoms with van der Waals surface area (Å²) in [6.45, 7) is 12.9. The van der Waals surface area contributed by atoms with Gasteiger partial charge in [0.25, 0.3) is 0 Å². The molecule has 0 aromatic heterocycles. The van der Waals surface area contributed by atoms with Crippen molar-refractivity contribution in [3.8, 4) is 22.6 Å². The zero-order chi connectivity index (χ0) is 17.5. The Balaban J connectivity index is 3.01. The molecule has 0 aliphatic heterocycles. The van der Waals surface area contributed by atoms with Crippen molar-refractivity contribution < 1.29 is 9.47 Å². The van der Waals surface area contributed by atoms with Crippen LogP contribution in [0.1, 0.15) is 33.4 Å². The summed E-state index contributed by atoms with van der Waals surface area (Å²) in [5.41, 5.74) is 9.70. The molecule has 2 nitrogen and oxygen atoms in total. The highest BCUT2D eigenvalue weighted by molar-refractivity contribution is 9.10. The number of methoxy groups -OCH3 is 2. The zero-order valence-corrected chi connectivity index (χ0v) is 16.9. The summed E-state index contributed by atoms with van der Waals surface area (Å²) >= 11 is 3.71. The molecule has 3 heteroatoms. The second-order valence-electron chi connectivity index (χ2n) is 6.12. The first-order chi connectivity index (χ1) is 10.8. The van der Waals surface area contributed by atoms with Gasteiger partial charge in [-0.15, -0.1) is 0 Å². The van der Waals surface area contributed by atoms with Gasteiger partial charge in [0, 0.05) is 11.1 Å². The molecule has 0 aliphatic rings. The van der Waals surface area contributed by atoms with E-state index >= 15 is 0 Å². The van der Waals surface area contributed by atoms with Crippen LogP contribution in [0.2, 0.25) is 0 Å². The van der Waals surface area contributed by atoms with Crippen LogP contribution in [0, 0.1) is 41.5 Å². The summed E-state index contributed by atoms with van der Waals surface area (Å²) in [4.78, 5) is 0. The molecule has 23 heavy (non-hydrogen) atoms. The van der Waals surface area contributed by atoms with Crippen molar-refractivity contribution in [3.63, 3.8) is 0 Å². The van der Waals surface area contributed by atoms with Crippen molar-refractivity contribution in [2.75, 3.05) is 14.2 Å². The van der Waals surface area contributed by atoms with Crippen LogP contribution in [0.5, 0.6) is 11.5 Å². The highest BCUT2D eigenvalue weighted by Crippen LogP contribution is 2.48. The van der Waals surface area contributed by atoms with E-state index < -0.39 is 0 Å². The van der Waals surface area contributed by atoms with Gasteiger partial charge in [-0.05, 0) is 96.9 Å². The molecule has 0 radical (unpaired) electrons.